The molecule has 192 valence electrons. The largest absolute Gasteiger partial charge is 0.462 e. The molecule has 9 nitrogen and oxygen atoms in total. The molecule has 0 saturated heterocycles. The Hall–Kier alpha value is -2.67. The zero-order valence-electron chi connectivity index (χ0n) is 20.0. The van der Waals surface area contributed by atoms with Crippen LogP contribution < -0.4 is 10.1 Å². The number of amides is 2. The fraction of sp³-hybridized carbons (Fsp3) is 0.348. The quantitative estimate of drug-likeness (QED) is 0.379. The highest BCUT2D eigenvalue weighted by Gasteiger charge is 2.27. The van der Waals surface area contributed by atoms with Gasteiger partial charge in [-0.15, -0.1) is 23.1 Å². The highest BCUT2D eigenvalue weighted by atomic mass is 35.5. The van der Waals surface area contributed by atoms with Crippen LogP contribution in [0, 0.1) is 6.92 Å². The van der Waals surface area contributed by atoms with E-state index in [9.17, 15) is 19.2 Å². The molecular formula is C23H24ClN3O6S3. The van der Waals surface area contributed by atoms with Crippen molar-refractivity contribution in [2.75, 3.05) is 30.0 Å². The van der Waals surface area contributed by atoms with Gasteiger partial charge in [-0.05, 0) is 44.5 Å². The molecule has 0 unspecified atom stereocenters. The first kappa shape index (κ1) is 27.9. The molecule has 0 saturated carbocycles. The lowest BCUT2D eigenvalue weighted by Crippen LogP contribution is -2.18. The summed E-state index contributed by atoms with van der Waals surface area (Å²) in [4.78, 5) is 54.6. The Morgan fingerprint density at radius 3 is 2.47 bits per heavy atom. The lowest BCUT2D eigenvalue weighted by atomic mass is 10.1. The Kier molecular flexibility index (Phi) is 9.71. The number of carbonyl (C=O) groups is 4. The number of ether oxygens (including phenoxy) is 2. The molecular weight excluding hydrogens is 546 g/mol. The number of aryl methyl sites for hydroxylation is 1. The second kappa shape index (κ2) is 12.5. The minimum absolute atomic E-state index is 0.00923. The number of hydrogen-bond acceptors (Lipinski definition) is 9. The minimum atomic E-state index is -0.642. The third-order valence-corrected chi connectivity index (χ3v) is 8.22. The van der Waals surface area contributed by atoms with Crippen molar-refractivity contribution in [3.63, 3.8) is 0 Å². The van der Waals surface area contributed by atoms with Crippen molar-refractivity contribution >= 4 is 85.0 Å². The normalized spacial score (nSPS) is 11.5. The number of halogens is 1. The number of thiophene rings is 1. The Bertz CT molecular complexity index is 1390. The first-order chi connectivity index (χ1) is 17.2. The second-order valence-electron chi connectivity index (χ2n) is 7.30. The van der Waals surface area contributed by atoms with E-state index in [4.69, 9.17) is 21.1 Å². The van der Waals surface area contributed by atoms with Crippen LogP contribution in [0.4, 0.5) is 5.00 Å². The molecule has 0 radical (unpaired) electrons. The van der Waals surface area contributed by atoms with Crippen LogP contribution in [-0.2, 0) is 26.1 Å². The summed E-state index contributed by atoms with van der Waals surface area (Å²) in [6.07, 6.45) is 0. The zero-order valence-corrected chi connectivity index (χ0v) is 23.2. The maximum Gasteiger partial charge on any atom is 0.348 e. The lowest BCUT2D eigenvalue weighted by molar-refractivity contribution is -0.115. The van der Waals surface area contributed by atoms with Crippen molar-refractivity contribution in [3.8, 4) is 0 Å². The first-order valence-corrected chi connectivity index (χ1v) is 14.0. The number of esters is 2. The minimum Gasteiger partial charge on any atom is -0.462 e. The Morgan fingerprint density at radius 2 is 1.78 bits per heavy atom. The van der Waals surface area contributed by atoms with Crippen molar-refractivity contribution in [1.82, 2.24) is 4.57 Å². The van der Waals surface area contributed by atoms with E-state index in [0.29, 0.717) is 15.4 Å². The van der Waals surface area contributed by atoms with E-state index < -0.39 is 17.8 Å². The van der Waals surface area contributed by atoms with Gasteiger partial charge in [0.2, 0.25) is 5.91 Å². The van der Waals surface area contributed by atoms with Crippen LogP contribution in [0.15, 0.2) is 23.2 Å². The summed E-state index contributed by atoms with van der Waals surface area (Å²) in [5, 5.41) is 3.46. The van der Waals surface area contributed by atoms with Crippen LogP contribution in [0.2, 0.25) is 5.02 Å². The molecule has 36 heavy (non-hydrogen) atoms. The maximum absolute atomic E-state index is 12.6. The molecule has 13 heteroatoms. The monoisotopic (exact) mass is 569 g/mol. The van der Waals surface area contributed by atoms with Crippen LogP contribution in [0.1, 0.15) is 39.4 Å². The summed E-state index contributed by atoms with van der Waals surface area (Å²) < 4.78 is 12.8. The van der Waals surface area contributed by atoms with Crippen molar-refractivity contribution in [2.24, 2.45) is 12.0 Å². The lowest BCUT2D eigenvalue weighted by Gasteiger charge is -2.06. The average Bonchev–Trinajstić information content (AvgIpc) is 3.29. The summed E-state index contributed by atoms with van der Waals surface area (Å²) in [6, 6.07) is 5.45. The van der Waals surface area contributed by atoms with Crippen molar-refractivity contribution < 1.29 is 28.7 Å². The van der Waals surface area contributed by atoms with Crippen LogP contribution in [0.3, 0.4) is 0 Å². The number of carbonyl (C=O) groups excluding carboxylic acids is 4. The topological polar surface area (TPSA) is 116 Å². The average molecular weight is 570 g/mol. The fourth-order valence-corrected chi connectivity index (χ4v) is 6.20. The van der Waals surface area contributed by atoms with Gasteiger partial charge in [-0.2, -0.15) is 4.99 Å². The summed E-state index contributed by atoms with van der Waals surface area (Å²) >= 11 is 9.42. The number of fused-ring (bicyclic) bond motifs is 1. The van der Waals surface area contributed by atoms with E-state index in [1.54, 1.807) is 26.8 Å². The number of thiazole rings is 1. The molecule has 1 aromatic carbocycles. The fourth-order valence-electron chi connectivity index (χ4n) is 3.19. The van der Waals surface area contributed by atoms with E-state index in [2.05, 4.69) is 10.3 Å². The number of nitrogens with zero attached hydrogens (tertiary/aromatic N) is 2. The van der Waals surface area contributed by atoms with E-state index in [0.717, 1.165) is 33.3 Å². The van der Waals surface area contributed by atoms with Gasteiger partial charge in [0.1, 0.15) is 9.88 Å². The van der Waals surface area contributed by atoms with Crippen molar-refractivity contribution in [1.29, 1.82) is 0 Å². The summed E-state index contributed by atoms with van der Waals surface area (Å²) in [5.41, 5.74) is 1.41. The smallest absolute Gasteiger partial charge is 0.348 e. The van der Waals surface area contributed by atoms with E-state index in [-0.39, 0.29) is 46.1 Å². The third kappa shape index (κ3) is 6.55. The van der Waals surface area contributed by atoms with Gasteiger partial charge < -0.3 is 19.4 Å². The predicted octanol–water partition coefficient (Wildman–Crippen LogP) is 4.42. The van der Waals surface area contributed by atoms with E-state index >= 15 is 0 Å². The molecule has 0 aliphatic rings. The van der Waals surface area contributed by atoms with Gasteiger partial charge >= 0.3 is 11.9 Å². The molecule has 1 N–H and O–H groups in total. The molecule has 2 heterocycles. The second-order valence-corrected chi connectivity index (χ2v) is 10.8. The van der Waals surface area contributed by atoms with Gasteiger partial charge in [0.15, 0.2) is 4.80 Å². The Balaban J connectivity index is 1.66. The molecule has 0 atom stereocenters. The molecule has 0 aliphatic heterocycles. The highest BCUT2D eigenvalue weighted by molar-refractivity contribution is 8.00. The van der Waals surface area contributed by atoms with Gasteiger partial charge in [-0.3, -0.25) is 9.59 Å². The molecule has 3 rings (SSSR count). The van der Waals surface area contributed by atoms with Gasteiger partial charge in [0.25, 0.3) is 5.91 Å². The molecule has 0 aliphatic carbocycles. The predicted molar refractivity (Wildman–Crippen MR) is 143 cm³/mol. The maximum atomic E-state index is 12.6. The number of benzene rings is 1. The van der Waals surface area contributed by atoms with Crippen LogP contribution in [0.5, 0.6) is 0 Å². The number of thioether (sulfide) groups is 1. The van der Waals surface area contributed by atoms with Gasteiger partial charge in [-0.25, -0.2) is 9.59 Å². The molecule has 3 aromatic rings. The zero-order chi connectivity index (χ0) is 26.4. The molecule has 0 bridgehead atoms. The SMILES string of the molecule is CCOC(=O)c1sc(NC(=O)CSCC(=O)N=c2sc3cc(Cl)ccc3n2C)c(C(=O)OCC)c1C. The van der Waals surface area contributed by atoms with Crippen LogP contribution >= 0.6 is 46.0 Å². The molecule has 2 aromatic heterocycles. The standard InChI is InChI=1S/C23H24ClN3O6S3/c1-5-32-21(30)18-12(3)19(22(31)33-6-2)36-20(18)25-16(28)10-34-11-17(29)26-23-27(4)14-8-7-13(24)9-15(14)35-23/h7-9H,5-6,10-11H2,1-4H3,(H,25,28). The Morgan fingerprint density at radius 1 is 1.08 bits per heavy atom. The number of aromatic nitrogens is 1. The Labute approximate surface area is 224 Å². The van der Waals surface area contributed by atoms with E-state index in [1.165, 1.54) is 11.3 Å². The number of rotatable bonds is 9. The van der Waals surface area contributed by atoms with Crippen LogP contribution in [0.25, 0.3) is 10.2 Å². The summed E-state index contributed by atoms with van der Waals surface area (Å²) in [7, 11) is 1.81. The third-order valence-electron chi connectivity index (χ3n) is 4.79. The number of nitrogens with one attached hydrogen (secondary N) is 1. The molecule has 2 amide bonds. The van der Waals surface area contributed by atoms with Crippen LogP contribution in [-0.4, -0.2) is 53.0 Å². The van der Waals surface area contributed by atoms with Gasteiger partial charge in [0.05, 0.1) is 40.5 Å². The molecule has 0 spiro atoms. The van der Waals surface area contributed by atoms with E-state index in [1.807, 2.05) is 23.7 Å². The summed E-state index contributed by atoms with van der Waals surface area (Å²) in [5.74, 6) is -2.10. The van der Waals surface area contributed by atoms with Crippen molar-refractivity contribution in [2.45, 2.75) is 20.8 Å². The molecule has 0 fully saturated rings. The van der Waals surface area contributed by atoms with Gasteiger partial charge in [0, 0.05) is 12.1 Å². The first-order valence-electron chi connectivity index (χ1n) is 10.8. The van der Waals surface area contributed by atoms with Gasteiger partial charge in [-0.1, -0.05) is 22.9 Å². The number of hydrogen-bond donors (Lipinski definition) is 1. The number of anilines is 1. The summed E-state index contributed by atoms with van der Waals surface area (Å²) in [6.45, 7) is 5.26. The van der Waals surface area contributed by atoms with Crippen molar-refractivity contribution in [3.05, 3.63) is 44.0 Å². The highest BCUT2D eigenvalue weighted by Crippen LogP contribution is 2.34.